The van der Waals surface area contributed by atoms with Crippen molar-refractivity contribution in [1.29, 1.82) is 0 Å². The summed E-state index contributed by atoms with van der Waals surface area (Å²) >= 11 is 0. The van der Waals surface area contributed by atoms with E-state index in [0.717, 1.165) is 34.5 Å². The molecule has 1 heterocycles. The lowest BCUT2D eigenvalue weighted by atomic mass is 9.76. The van der Waals surface area contributed by atoms with Gasteiger partial charge in [0.15, 0.2) is 11.6 Å². The van der Waals surface area contributed by atoms with E-state index < -0.39 is 17.0 Å². The van der Waals surface area contributed by atoms with Crippen molar-refractivity contribution in [2.75, 3.05) is 6.54 Å². The van der Waals surface area contributed by atoms with Crippen molar-refractivity contribution in [2.24, 2.45) is 0 Å². The molecule has 6 heteroatoms. The molecular weight excluding hydrogens is 468 g/mol. The maximum Gasteiger partial charge on any atom is 0.269 e. The van der Waals surface area contributed by atoms with Gasteiger partial charge in [0.2, 0.25) is 0 Å². The lowest BCUT2D eigenvalue weighted by Gasteiger charge is -2.31. The first kappa shape index (κ1) is 24.1. The van der Waals surface area contributed by atoms with Crippen LogP contribution in [-0.2, 0) is 5.41 Å². The van der Waals surface area contributed by atoms with Crippen molar-refractivity contribution in [2.45, 2.75) is 12.3 Å². The van der Waals surface area contributed by atoms with E-state index in [9.17, 15) is 13.6 Å². The average molecular weight is 494 g/mol. The first-order chi connectivity index (χ1) is 18.0. The Labute approximate surface area is 214 Å². The molecule has 0 bridgehead atoms. The highest BCUT2D eigenvalue weighted by molar-refractivity contribution is 5.93. The highest BCUT2D eigenvalue weighted by atomic mass is 19.2. The van der Waals surface area contributed by atoms with Crippen LogP contribution >= 0.6 is 0 Å². The minimum atomic E-state index is -0.895. The van der Waals surface area contributed by atoms with E-state index in [1.54, 1.807) is 23.0 Å². The van der Waals surface area contributed by atoms with Crippen molar-refractivity contribution in [3.63, 3.8) is 0 Å². The first-order valence-corrected chi connectivity index (χ1v) is 11.9. The molecule has 4 aromatic carbocycles. The Kier molecular flexibility index (Phi) is 6.64. The molecule has 0 saturated carbocycles. The van der Waals surface area contributed by atoms with Gasteiger partial charge in [0.25, 0.3) is 5.91 Å². The molecule has 184 valence electrons. The summed E-state index contributed by atoms with van der Waals surface area (Å²) in [5.74, 6) is -2.03. The van der Waals surface area contributed by atoms with Gasteiger partial charge in [-0.3, -0.25) is 9.36 Å². The Balaban J connectivity index is 1.37. The molecule has 5 rings (SSSR count). The van der Waals surface area contributed by atoms with Gasteiger partial charge in [-0.1, -0.05) is 78.9 Å². The van der Waals surface area contributed by atoms with Gasteiger partial charge in [-0.25, -0.2) is 13.8 Å². The minimum Gasteiger partial charge on any atom is -0.349 e. The van der Waals surface area contributed by atoms with Crippen molar-refractivity contribution in [3.05, 3.63) is 144 Å². The minimum absolute atomic E-state index is 0.250. The number of hydrogen-bond donors (Lipinski definition) is 1. The summed E-state index contributed by atoms with van der Waals surface area (Å²) in [6.07, 6.45) is 3.11. The van der Waals surface area contributed by atoms with Crippen LogP contribution in [0.3, 0.4) is 0 Å². The summed E-state index contributed by atoms with van der Waals surface area (Å²) in [6, 6.07) is 31.2. The van der Waals surface area contributed by atoms with Crippen molar-refractivity contribution < 1.29 is 13.6 Å². The third-order valence-electron chi connectivity index (χ3n) is 6.69. The molecule has 0 unspecified atom stereocenters. The zero-order valence-corrected chi connectivity index (χ0v) is 20.2. The summed E-state index contributed by atoms with van der Waals surface area (Å²) < 4.78 is 28.6. The molecule has 0 aliphatic carbocycles. The monoisotopic (exact) mass is 493 g/mol. The lowest BCUT2D eigenvalue weighted by Crippen LogP contribution is -2.40. The van der Waals surface area contributed by atoms with Crippen LogP contribution in [0.15, 0.2) is 116 Å². The molecule has 37 heavy (non-hydrogen) atoms. The Morgan fingerprint density at radius 3 is 2.00 bits per heavy atom. The van der Waals surface area contributed by atoms with Gasteiger partial charge in [0.1, 0.15) is 5.69 Å². The number of benzene rings is 4. The normalized spacial score (nSPS) is 11.3. The molecule has 0 radical (unpaired) electrons. The Hall–Kier alpha value is -4.58. The maximum atomic E-state index is 13.7. The Bertz CT molecular complexity index is 1470. The number of rotatable bonds is 7. The second kappa shape index (κ2) is 10.2. The molecule has 0 aliphatic heterocycles. The zero-order valence-electron chi connectivity index (χ0n) is 20.2. The zero-order chi connectivity index (χ0) is 25.8. The number of nitrogens with zero attached hydrogens (tertiary/aromatic N) is 2. The Morgan fingerprint density at radius 2 is 1.41 bits per heavy atom. The summed E-state index contributed by atoms with van der Waals surface area (Å²) in [5, 5.41) is 3.10. The summed E-state index contributed by atoms with van der Waals surface area (Å²) in [5.41, 5.74) is 4.18. The fraction of sp³-hybridized carbons (Fsp3) is 0.0968. The number of aromatic nitrogens is 2. The van der Waals surface area contributed by atoms with Gasteiger partial charge in [0.05, 0.1) is 12.5 Å². The molecule has 0 atom stereocenters. The molecular formula is C31H25F2N3O. The highest BCUT2D eigenvalue weighted by Crippen LogP contribution is 2.31. The quantitative estimate of drug-likeness (QED) is 0.279. The maximum absolute atomic E-state index is 13.7. The summed E-state index contributed by atoms with van der Waals surface area (Å²) in [7, 11) is 0. The van der Waals surface area contributed by atoms with E-state index in [4.69, 9.17) is 0 Å². The second-order valence-electron chi connectivity index (χ2n) is 9.07. The van der Waals surface area contributed by atoms with E-state index in [2.05, 4.69) is 41.5 Å². The fourth-order valence-electron chi connectivity index (χ4n) is 4.49. The van der Waals surface area contributed by atoms with Crippen molar-refractivity contribution in [3.8, 4) is 16.8 Å². The fourth-order valence-corrected chi connectivity index (χ4v) is 4.49. The van der Waals surface area contributed by atoms with Gasteiger partial charge >= 0.3 is 0 Å². The number of nitrogens with one attached hydrogen (secondary N) is 1. The first-order valence-electron chi connectivity index (χ1n) is 11.9. The van der Waals surface area contributed by atoms with Crippen LogP contribution in [-0.4, -0.2) is 22.0 Å². The number of halogens is 2. The van der Waals surface area contributed by atoms with Gasteiger partial charge in [-0.05, 0) is 53.4 Å². The topological polar surface area (TPSA) is 46.9 Å². The van der Waals surface area contributed by atoms with E-state index in [1.807, 2.05) is 48.5 Å². The van der Waals surface area contributed by atoms with E-state index in [1.165, 1.54) is 12.3 Å². The number of imidazole rings is 1. The Morgan fingerprint density at radius 1 is 0.811 bits per heavy atom. The van der Waals surface area contributed by atoms with Crippen molar-refractivity contribution in [1.82, 2.24) is 14.9 Å². The number of carbonyl (C=O) groups is 1. The number of hydrogen-bond acceptors (Lipinski definition) is 2. The van der Waals surface area contributed by atoms with Gasteiger partial charge in [0, 0.05) is 17.6 Å². The van der Waals surface area contributed by atoms with Crippen LogP contribution in [0.1, 0.15) is 28.5 Å². The molecule has 1 amide bonds. The average Bonchev–Trinajstić information content (AvgIpc) is 3.44. The largest absolute Gasteiger partial charge is 0.349 e. The number of carbonyl (C=O) groups excluding carboxylic acids is 1. The van der Waals surface area contributed by atoms with Crippen LogP contribution < -0.4 is 5.32 Å². The SMILES string of the molecule is CC(CNC(=O)c1cncn1-c1ccc(-c2ccc(F)c(F)c2)cc1)(c1ccccc1)c1ccccc1. The second-order valence-corrected chi connectivity index (χ2v) is 9.07. The van der Waals surface area contributed by atoms with E-state index in [0.29, 0.717) is 17.8 Å². The van der Waals surface area contributed by atoms with Gasteiger partial charge in [-0.15, -0.1) is 0 Å². The predicted octanol–water partition coefficient (Wildman–Crippen LogP) is 6.55. The third-order valence-corrected chi connectivity index (χ3v) is 6.69. The van der Waals surface area contributed by atoms with Crippen LogP contribution in [0.25, 0.3) is 16.8 Å². The molecule has 0 aliphatic rings. The summed E-state index contributed by atoms with van der Waals surface area (Å²) in [6.45, 7) is 2.51. The molecule has 0 saturated heterocycles. The van der Waals surface area contributed by atoms with Gasteiger partial charge in [-0.2, -0.15) is 0 Å². The molecule has 5 aromatic rings. The van der Waals surface area contributed by atoms with Crippen LogP contribution in [0.5, 0.6) is 0 Å². The molecule has 4 nitrogen and oxygen atoms in total. The number of amides is 1. The molecule has 0 spiro atoms. The van der Waals surface area contributed by atoms with Crippen LogP contribution in [0.4, 0.5) is 8.78 Å². The standard InChI is InChI=1S/C31H25F2N3O/c1-31(24-8-4-2-5-9-24,25-10-6-3-7-11-25)20-35-30(37)29-19-34-21-36(29)26-15-12-22(13-16-26)23-14-17-27(32)28(33)18-23/h2-19,21H,20H2,1H3,(H,35,37). The van der Waals surface area contributed by atoms with Gasteiger partial charge < -0.3 is 5.32 Å². The van der Waals surface area contributed by atoms with E-state index in [-0.39, 0.29) is 5.91 Å². The van der Waals surface area contributed by atoms with Crippen LogP contribution in [0.2, 0.25) is 0 Å². The predicted molar refractivity (Wildman–Crippen MR) is 141 cm³/mol. The molecule has 1 N–H and O–H groups in total. The highest BCUT2D eigenvalue weighted by Gasteiger charge is 2.30. The molecule has 1 aromatic heterocycles. The molecule has 0 fully saturated rings. The van der Waals surface area contributed by atoms with Crippen molar-refractivity contribution >= 4 is 5.91 Å². The smallest absolute Gasteiger partial charge is 0.269 e. The lowest BCUT2D eigenvalue weighted by molar-refractivity contribution is 0.0940. The summed E-state index contributed by atoms with van der Waals surface area (Å²) in [4.78, 5) is 17.5. The van der Waals surface area contributed by atoms with Crippen LogP contribution in [0, 0.1) is 11.6 Å². The third kappa shape index (κ3) is 4.91. The van der Waals surface area contributed by atoms with E-state index >= 15 is 0 Å².